The maximum Gasteiger partial charge on any atom is 0.224 e. The number of piperidine rings is 2. The molecule has 0 unspecified atom stereocenters. The van der Waals surface area contributed by atoms with Crippen LogP contribution in [-0.4, -0.2) is 50.7 Å². The Bertz CT molecular complexity index is 252. The van der Waals surface area contributed by atoms with Gasteiger partial charge in [0.25, 0.3) is 0 Å². The number of nitrogens with zero attached hydrogens (tertiary/aromatic N) is 1. The van der Waals surface area contributed by atoms with Crippen molar-refractivity contribution in [2.45, 2.75) is 32.1 Å². The summed E-state index contributed by atoms with van der Waals surface area (Å²) in [5, 5.41) is 3.42. The van der Waals surface area contributed by atoms with E-state index in [1.54, 1.807) is 7.11 Å². The number of carbonyl (C=O) groups is 1. The van der Waals surface area contributed by atoms with Crippen molar-refractivity contribution in [3.63, 3.8) is 0 Å². The van der Waals surface area contributed by atoms with Gasteiger partial charge in [0, 0.05) is 20.2 Å². The molecule has 2 rings (SSSR count). The molecule has 4 heteroatoms. The second kappa shape index (κ2) is 5.83. The van der Waals surface area contributed by atoms with Gasteiger partial charge in [-0.3, -0.25) is 4.79 Å². The minimum absolute atomic E-state index is 0.260. The van der Waals surface area contributed by atoms with Crippen molar-refractivity contribution >= 4 is 5.91 Å². The van der Waals surface area contributed by atoms with Crippen LogP contribution in [0.15, 0.2) is 0 Å². The molecule has 17 heavy (non-hydrogen) atoms. The summed E-state index contributed by atoms with van der Waals surface area (Å²) in [6.07, 6.45) is 5.48. The third-order valence-corrected chi connectivity index (χ3v) is 4.36. The Kier molecular flexibility index (Phi) is 4.40. The number of hydrogen-bond acceptors (Lipinski definition) is 3. The van der Waals surface area contributed by atoms with Crippen molar-refractivity contribution in [3.05, 3.63) is 0 Å². The summed E-state index contributed by atoms with van der Waals surface area (Å²) in [4.78, 5) is 13.9. The molecule has 0 bridgehead atoms. The van der Waals surface area contributed by atoms with Crippen molar-refractivity contribution < 1.29 is 9.53 Å². The Labute approximate surface area is 104 Å². The summed E-state index contributed by atoms with van der Waals surface area (Å²) in [5.74, 6) is 0.260. The van der Waals surface area contributed by atoms with Crippen molar-refractivity contribution in [3.8, 4) is 0 Å². The average molecular weight is 240 g/mol. The van der Waals surface area contributed by atoms with Crippen LogP contribution in [0.3, 0.4) is 0 Å². The maximum atomic E-state index is 11.9. The number of ether oxygens (including phenoxy) is 1. The number of methoxy groups -OCH3 is 1. The first-order valence-electron chi connectivity index (χ1n) is 6.73. The van der Waals surface area contributed by atoms with Crippen LogP contribution < -0.4 is 5.32 Å². The highest BCUT2D eigenvalue weighted by molar-refractivity contribution is 5.76. The number of amides is 1. The van der Waals surface area contributed by atoms with Crippen LogP contribution >= 0.6 is 0 Å². The van der Waals surface area contributed by atoms with E-state index in [2.05, 4.69) is 5.32 Å². The molecule has 0 radical (unpaired) electrons. The molecule has 1 spiro atoms. The van der Waals surface area contributed by atoms with Gasteiger partial charge in [-0.05, 0) is 44.2 Å². The molecule has 0 aromatic carbocycles. The first-order chi connectivity index (χ1) is 8.26. The van der Waals surface area contributed by atoms with Gasteiger partial charge in [0.15, 0.2) is 0 Å². The molecule has 2 aliphatic heterocycles. The molecule has 98 valence electrons. The van der Waals surface area contributed by atoms with Crippen molar-refractivity contribution in [2.75, 3.05) is 39.9 Å². The molecule has 0 aliphatic carbocycles. The van der Waals surface area contributed by atoms with Crippen LogP contribution in [0.5, 0.6) is 0 Å². The number of hydrogen-bond donors (Lipinski definition) is 1. The normalized spacial score (nSPS) is 23.9. The molecular formula is C13H24N2O2. The molecule has 2 fully saturated rings. The number of nitrogens with one attached hydrogen (secondary N) is 1. The predicted octanol–water partition coefficient (Wildman–Crippen LogP) is 1.02. The largest absolute Gasteiger partial charge is 0.384 e. The van der Waals surface area contributed by atoms with Crippen LogP contribution in [0.2, 0.25) is 0 Å². The molecule has 0 saturated carbocycles. The van der Waals surface area contributed by atoms with Gasteiger partial charge in [-0.15, -0.1) is 0 Å². The molecule has 1 N–H and O–H groups in total. The molecule has 1 amide bonds. The highest BCUT2D eigenvalue weighted by Gasteiger charge is 2.36. The van der Waals surface area contributed by atoms with E-state index < -0.39 is 0 Å². The SMILES string of the molecule is COCCC(=O)N1CCC2(CCNCC2)CC1. The van der Waals surface area contributed by atoms with E-state index in [-0.39, 0.29) is 5.91 Å². The van der Waals surface area contributed by atoms with Gasteiger partial charge in [-0.25, -0.2) is 0 Å². The minimum Gasteiger partial charge on any atom is -0.384 e. The van der Waals surface area contributed by atoms with Gasteiger partial charge in [-0.1, -0.05) is 0 Å². The highest BCUT2D eigenvalue weighted by atomic mass is 16.5. The van der Waals surface area contributed by atoms with Gasteiger partial charge >= 0.3 is 0 Å². The lowest BCUT2D eigenvalue weighted by molar-refractivity contribution is -0.134. The topological polar surface area (TPSA) is 41.6 Å². The Morgan fingerprint density at radius 3 is 2.47 bits per heavy atom. The van der Waals surface area contributed by atoms with E-state index in [0.29, 0.717) is 18.4 Å². The first kappa shape index (κ1) is 12.8. The fraction of sp³-hybridized carbons (Fsp3) is 0.923. The quantitative estimate of drug-likeness (QED) is 0.800. The number of carbonyl (C=O) groups excluding carboxylic acids is 1. The molecule has 2 saturated heterocycles. The number of likely N-dealkylation sites (tertiary alicyclic amines) is 1. The fourth-order valence-electron chi connectivity index (χ4n) is 3.04. The zero-order valence-corrected chi connectivity index (χ0v) is 10.8. The lowest BCUT2D eigenvalue weighted by atomic mass is 9.71. The summed E-state index contributed by atoms with van der Waals surface area (Å²) >= 11 is 0. The molecule has 2 heterocycles. The molecule has 0 aromatic rings. The predicted molar refractivity (Wildman–Crippen MR) is 66.8 cm³/mol. The summed E-state index contributed by atoms with van der Waals surface area (Å²) in [7, 11) is 1.65. The van der Waals surface area contributed by atoms with Gasteiger partial charge in [-0.2, -0.15) is 0 Å². The smallest absolute Gasteiger partial charge is 0.224 e. The Morgan fingerprint density at radius 2 is 1.88 bits per heavy atom. The molecule has 0 aromatic heterocycles. The van der Waals surface area contributed by atoms with Crippen LogP contribution in [0.1, 0.15) is 32.1 Å². The Hall–Kier alpha value is -0.610. The zero-order chi connectivity index (χ0) is 12.1. The average Bonchev–Trinajstić information content (AvgIpc) is 2.38. The van der Waals surface area contributed by atoms with Crippen molar-refractivity contribution in [2.24, 2.45) is 5.41 Å². The third-order valence-electron chi connectivity index (χ3n) is 4.36. The van der Waals surface area contributed by atoms with E-state index in [1.807, 2.05) is 4.90 Å². The zero-order valence-electron chi connectivity index (χ0n) is 10.8. The number of rotatable bonds is 3. The standard InChI is InChI=1S/C13H24N2O2/c1-17-11-2-12(16)15-9-5-13(6-10-15)3-7-14-8-4-13/h14H,2-11H2,1H3. The summed E-state index contributed by atoms with van der Waals surface area (Å²) in [6, 6.07) is 0. The monoisotopic (exact) mass is 240 g/mol. The highest BCUT2D eigenvalue weighted by Crippen LogP contribution is 2.39. The fourth-order valence-corrected chi connectivity index (χ4v) is 3.04. The molecule has 0 atom stereocenters. The second-order valence-electron chi connectivity index (χ2n) is 5.37. The van der Waals surface area contributed by atoms with Gasteiger partial charge in [0.2, 0.25) is 5.91 Å². The van der Waals surface area contributed by atoms with Crippen LogP contribution in [0.25, 0.3) is 0 Å². The molecule has 4 nitrogen and oxygen atoms in total. The molecular weight excluding hydrogens is 216 g/mol. The summed E-state index contributed by atoms with van der Waals surface area (Å²) in [6.45, 7) is 4.74. The first-order valence-corrected chi connectivity index (χ1v) is 6.73. The van der Waals surface area contributed by atoms with Crippen molar-refractivity contribution in [1.29, 1.82) is 0 Å². The van der Waals surface area contributed by atoms with Crippen LogP contribution in [-0.2, 0) is 9.53 Å². The van der Waals surface area contributed by atoms with Crippen molar-refractivity contribution in [1.82, 2.24) is 10.2 Å². The van der Waals surface area contributed by atoms with Crippen LogP contribution in [0, 0.1) is 5.41 Å². The lowest BCUT2D eigenvalue weighted by Crippen LogP contribution is -2.47. The Balaban J connectivity index is 1.78. The van der Waals surface area contributed by atoms with Gasteiger partial charge in [0.1, 0.15) is 0 Å². The van der Waals surface area contributed by atoms with Crippen LogP contribution in [0.4, 0.5) is 0 Å². The van der Waals surface area contributed by atoms with E-state index in [4.69, 9.17) is 4.74 Å². The van der Waals surface area contributed by atoms with E-state index >= 15 is 0 Å². The van der Waals surface area contributed by atoms with Gasteiger partial charge in [0.05, 0.1) is 13.0 Å². The summed E-state index contributed by atoms with van der Waals surface area (Å²) in [5.41, 5.74) is 0.531. The third kappa shape index (κ3) is 3.19. The van der Waals surface area contributed by atoms with E-state index in [0.717, 1.165) is 26.2 Å². The van der Waals surface area contributed by atoms with Gasteiger partial charge < -0.3 is 15.0 Å². The Morgan fingerprint density at radius 1 is 1.24 bits per heavy atom. The van der Waals surface area contributed by atoms with E-state index in [1.165, 1.54) is 25.7 Å². The second-order valence-corrected chi connectivity index (χ2v) is 5.37. The molecule has 2 aliphatic rings. The minimum atomic E-state index is 0.260. The lowest BCUT2D eigenvalue weighted by Gasteiger charge is -2.44. The van der Waals surface area contributed by atoms with E-state index in [9.17, 15) is 4.79 Å². The maximum absolute atomic E-state index is 11.9. The summed E-state index contributed by atoms with van der Waals surface area (Å²) < 4.78 is 4.96.